The van der Waals surface area contributed by atoms with E-state index in [1.807, 2.05) is 26.1 Å². The number of hydrogen-bond acceptors (Lipinski definition) is 6. The van der Waals surface area contributed by atoms with E-state index in [4.69, 9.17) is 14.5 Å². The third-order valence-electron chi connectivity index (χ3n) is 4.37. The molecule has 0 saturated heterocycles. The predicted octanol–water partition coefficient (Wildman–Crippen LogP) is 4.27. The van der Waals surface area contributed by atoms with E-state index >= 15 is 0 Å². The lowest BCUT2D eigenvalue weighted by atomic mass is 10.1. The molecule has 132 valence electrons. The van der Waals surface area contributed by atoms with Gasteiger partial charge in [0.05, 0.1) is 19.6 Å². The van der Waals surface area contributed by atoms with Crippen molar-refractivity contribution < 1.29 is 9.47 Å². The van der Waals surface area contributed by atoms with Crippen LogP contribution in [0.25, 0.3) is 10.2 Å². The number of methoxy groups -OCH3 is 2. The van der Waals surface area contributed by atoms with Gasteiger partial charge in [0.25, 0.3) is 0 Å². The van der Waals surface area contributed by atoms with E-state index in [0.717, 1.165) is 38.9 Å². The second kappa shape index (κ2) is 6.88. The van der Waals surface area contributed by atoms with E-state index in [9.17, 15) is 0 Å². The van der Waals surface area contributed by atoms with Crippen LogP contribution >= 0.6 is 11.3 Å². The van der Waals surface area contributed by atoms with E-state index in [0.29, 0.717) is 6.54 Å². The van der Waals surface area contributed by atoms with Gasteiger partial charge in [0.15, 0.2) is 11.5 Å². The first-order valence-corrected chi connectivity index (χ1v) is 8.93. The lowest BCUT2D eigenvalue weighted by molar-refractivity contribution is 0.351. The molecular formula is C19H23N3O2S. The van der Waals surface area contributed by atoms with Crippen LogP contribution in [0.1, 0.15) is 21.8 Å². The Hall–Kier alpha value is -2.34. The van der Waals surface area contributed by atoms with E-state index in [2.05, 4.69) is 29.8 Å². The number of hydrogen-bond donors (Lipinski definition) is 0. The van der Waals surface area contributed by atoms with Crippen molar-refractivity contribution in [3.63, 3.8) is 0 Å². The van der Waals surface area contributed by atoms with Crippen LogP contribution < -0.4 is 14.4 Å². The summed E-state index contributed by atoms with van der Waals surface area (Å²) >= 11 is 1.72. The van der Waals surface area contributed by atoms with E-state index < -0.39 is 0 Å². The summed E-state index contributed by atoms with van der Waals surface area (Å²) in [6, 6.07) is 5.93. The van der Waals surface area contributed by atoms with Gasteiger partial charge in [-0.1, -0.05) is 12.1 Å². The topological polar surface area (TPSA) is 47.5 Å². The molecule has 0 spiro atoms. The Kier molecular flexibility index (Phi) is 4.81. The molecule has 0 fully saturated rings. The summed E-state index contributed by atoms with van der Waals surface area (Å²) in [7, 11) is 5.37. The Morgan fingerprint density at radius 3 is 2.52 bits per heavy atom. The van der Waals surface area contributed by atoms with Crippen LogP contribution in [0.15, 0.2) is 18.2 Å². The van der Waals surface area contributed by atoms with Gasteiger partial charge in [-0.25, -0.2) is 9.97 Å². The van der Waals surface area contributed by atoms with Crippen molar-refractivity contribution in [3.8, 4) is 11.5 Å². The third kappa shape index (κ3) is 3.14. The maximum Gasteiger partial charge on any atom is 0.165 e. The number of anilines is 1. The molecule has 6 heteroatoms. The number of aryl methyl sites for hydroxylation is 3. The largest absolute Gasteiger partial charge is 0.493 e. The summed E-state index contributed by atoms with van der Waals surface area (Å²) < 4.78 is 11.0. The lowest BCUT2D eigenvalue weighted by Gasteiger charge is -2.22. The van der Waals surface area contributed by atoms with Gasteiger partial charge >= 0.3 is 0 Å². The third-order valence-corrected chi connectivity index (χ3v) is 5.48. The molecular weight excluding hydrogens is 334 g/mol. The SMILES string of the molecule is COc1cccc(CN(C)c2nc(C)nc3sc(C)c(C)c23)c1OC. The number of para-hydroxylation sites is 1. The monoisotopic (exact) mass is 357 g/mol. The van der Waals surface area contributed by atoms with Crippen LogP contribution in [0.5, 0.6) is 11.5 Å². The molecule has 5 nitrogen and oxygen atoms in total. The molecule has 2 aromatic heterocycles. The molecule has 0 unspecified atom stereocenters. The van der Waals surface area contributed by atoms with E-state index in [-0.39, 0.29) is 0 Å². The molecule has 3 rings (SSSR count). The van der Waals surface area contributed by atoms with E-state index in [1.54, 1.807) is 25.6 Å². The number of thiophene rings is 1. The first-order valence-electron chi connectivity index (χ1n) is 8.11. The summed E-state index contributed by atoms with van der Waals surface area (Å²) in [5.74, 6) is 3.24. The van der Waals surface area contributed by atoms with Crippen LogP contribution in [-0.2, 0) is 6.54 Å². The number of rotatable bonds is 5. The van der Waals surface area contributed by atoms with Gasteiger partial charge in [-0.05, 0) is 32.4 Å². The smallest absolute Gasteiger partial charge is 0.165 e. The van der Waals surface area contributed by atoms with Gasteiger partial charge in [-0.3, -0.25) is 0 Å². The fourth-order valence-electron chi connectivity index (χ4n) is 3.02. The standard InChI is InChI=1S/C19H23N3O2S/c1-11-12(2)25-19-16(11)18(20-13(3)21-19)22(4)10-14-8-7-9-15(23-5)17(14)24-6/h7-9H,10H2,1-6H3. The molecule has 0 aliphatic heterocycles. The second-order valence-corrected chi connectivity index (χ2v) is 7.27. The predicted molar refractivity (Wildman–Crippen MR) is 103 cm³/mol. The van der Waals surface area contributed by atoms with Crippen LogP contribution in [0.3, 0.4) is 0 Å². The highest BCUT2D eigenvalue weighted by atomic mass is 32.1. The molecule has 0 radical (unpaired) electrons. The maximum atomic E-state index is 5.56. The molecule has 0 amide bonds. The number of nitrogens with zero attached hydrogens (tertiary/aromatic N) is 3. The van der Waals surface area contributed by atoms with Crippen molar-refractivity contribution in [2.45, 2.75) is 27.3 Å². The molecule has 3 aromatic rings. The van der Waals surface area contributed by atoms with Crippen LogP contribution in [0, 0.1) is 20.8 Å². The van der Waals surface area contributed by atoms with Crippen molar-refractivity contribution in [2.24, 2.45) is 0 Å². The average Bonchev–Trinajstić information content (AvgIpc) is 2.87. The minimum atomic E-state index is 0.667. The highest BCUT2D eigenvalue weighted by Crippen LogP contribution is 2.36. The van der Waals surface area contributed by atoms with Crippen molar-refractivity contribution >= 4 is 27.4 Å². The van der Waals surface area contributed by atoms with Gasteiger partial charge in [-0.2, -0.15) is 0 Å². The molecule has 1 aromatic carbocycles. The summed E-state index contributed by atoms with van der Waals surface area (Å²) in [5, 5.41) is 1.14. The van der Waals surface area contributed by atoms with Gasteiger partial charge in [-0.15, -0.1) is 11.3 Å². The van der Waals surface area contributed by atoms with Crippen molar-refractivity contribution in [1.82, 2.24) is 9.97 Å². The highest BCUT2D eigenvalue weighted by molar-refractivity contribution is 7.18. The lowest BCUT2D eigenvalue weighted by Crippen LogP contribution is -2.19. The Bertz CT molecular complexity index is 921. The fraction of sp³-hybridized carbons (Fsp3) is 0.368. The molecule has 0 atom stereocenters. The molecule has 0 N–H and O–H groups in total. The Morgan fingerprint density at radius 2 is 1.84 bits per heavy atom. The summed E-state index contributed by atoms with van der Waals surface area (Å²) in [5.41, 5.74) is 2.30. The molecule has 0 aliphatic rings. The van der Waals surface area contributed by atoms with Gasteiger partial charge < -0.3 is 14.4 Å². The molecule has 25 heavy (non-hydrogen) atoms. The summed E-state index contributed by atoms with van der Waals surface area (Å²) in [4.78, 5) is 13.8. The zero-order valence-corrected chi connectivity index (χ0v) is 16.3. The second-order valence-electron chi connectivity index (χ2n) is 6.07. The Morgan fingerprint density at radius 1 is 1.08 bits per heavy atom. The van der Waals surface area contributed by atoms with Crippen molar-refractivity contribution in [3.05, 3.63) is 40.0 Å². The van der Waals surface area contributed by atoms with Crippen molar-refractivity contribution in [1.29, 1.82) is 0 Å². The van der Waals surface area contributed by atoms with Crippen molar-refractivity contribution in [2.75, 3.05) is 26.2 Å². The van der Waals surface area contributed by atoms with Crippen LogP contribution in [-0.4, -0.2) is 31.2 Å². The summed E-state index contributed by atoms with van der Waals surface area (Å²) in [6.07, 6.45) is 0. The molecule has 2 heterocycles. The number of fused-ring (bicyclic) bond motifs is 1. The maximum absolute atomic E-state index is 5.56. The molecule has 0 bridgehead atoms. The number of ether oxygens (including phenoxy) is 2. The number of benzene rings is 1. The first kappa shape index (κ1) is 17.5. The summed E-state index contributed by atoms with van der Waals surface area (Å²) in [6.45, 7) is 6.87. The normalized spacial score (nSPS) is 11.0. The molecule has 0 aliphatic carbocycles. The van der Waals surface area contributed by atoms with Gasteiger partial charge in [0.1, 0.15) is 16.5 Å². The zero-order valence-electron chi connectivity index (χ0n) is 15.5. The van der Waals surface area contributed by atoms with Crippen LogP contribution in [0.4, 0.5) is 5.82 Å². The minimum Gasteiger partial charge on any atom is -0.493 e. The first-order chi connectivity index (χ1) is 12.0. The van der Waals surface area contributed by atoms with E-state index in [1.165, 1.54) is 10.4 Å². The van der Waals surface area contributed by atoms with Gasteiger partial charge in [0, 0.05) is 24.0 Å². The molecule has 0 saturated carbocycles. The average molecular weight is 357 g/mol. The number of aromatic nitrogens is 2. The highest BCUT2D eigenvalue weighted by Gasteiger charge is 2.18. The fourth-order valence-corrected chi connectivity index (χ4v) is 4.09. The minimum absolute atomic E-state index is 0.667. The Labute approximate surface area is 152 Å². The van der Waals surface area contributed by atoms with Gasteiger partial charge in [0.2, 0.25) is 0 Å². The zero-order chi connectivity index (χ0) is 18.1. The van der Waals surface area contributed by atoms with Crippen LogP contribution in [0.2, 0.25) is 0 Å². The Balaban J connectivity index is 2.05. The quantitative estimate of drug-likeness (QED) is 0.682.